The van der Waals surface area contributed by atoms with Gasteiger partial charge in [0.1, 0.15) is 11.8 Å². The van der Waals surface area contributed by atoms with E-state index < -0.39 is 33.8 Å². The van der Waals surface area contributed by atoms with Gasteiger partial charge in [0.2, 0.25) is 5.91 Å². The van der Waals surface area contributed by atoms with E-state index in [1.165, 1.54) is 30.1 Å². The van der Waals surface area contributed by atoms with Crippen LogP contribution in [0, 0.1) is 5.41 Å². The summed E-state index contributed by atoms with van der Waals surface area (Å²) < 4.78 is 35.5. The third kappa shape index (κ3) is 12.0. The van der Waals surface area contributed by atoms with Crippen LogP contribution >= 0.6 is 0 Å². The Balaban J connectivity index is 0.0000102. The molecule has 0 saturated heterocycles. The predicted molar refractivity (Wildman–Crippen MR) is 134 cm³/mol. The topological polar surface area (TPSA) is 110 Å². The van der Waals surface area contributed by atoms with E-state index in [2.05, 4.69) is 43.0 Å². The molecule has 1 aliphatic carbocycles. The number of hydrogen-bond donors (Lipinski definition) is 2. The summed E-state index contributed by atoms with van der Waals surface area (Å²) in [6.45, 7) is 10.4. The third-order valence-corrected chi connectivity index (χ3v) is 6.07. The van der Waals surface area contributed by atoms with Crippen LogP contribution < -0.4 is 5.32 Å². The molecule has 0 aromatic rings. The summed E-state index contributed by atoms with van der Waals surface area (Å²) >= 11 is 0. The number of esters is 1. The van der Waals surface area contributed by atoms with Crippen LogP contribution in [0.25, 0.3) is 0 Å². The van der Waals surface area contributed by atoms with E-state index >= 15 is 0 Å². The van der Waals surface area contributed by atoms with Gasteiger partial charge in [-0.05, 0) is 56.6 Å². The van der Waals surface area contributed by atoms with Crippen molar-refractivity contribution in [3.05, 3.63) is 58.7 Å². The van der Waals surface area contributed by atoms with Gasteiger partial charge in [0.25, 0.3) is 10.1 Å². The molecule has 0 aromatic heterocycles. The summed E-state index contributed by atoms with van der Waals surface area (Å²) in [7, 11) is -3.41. The average molecular weight is 490 g/mol. The van der Waals surface area contributed by atoms with Crippen molar-refractivity contribution in [2.75, 3.05) is 12.9 Å². The van der Waals surface area contributed by atoms with Crippen molar-refractivity contribution in [2.24, 2.45) is 5.41 Å². The zero-order chi connectivity index (χ0) is 24.5. The molecular formula is C24H36NNaO6S. The number of ether oxygens (including phenoxy) is 1. The maximum atomic E-state index is 12.1. The molecule has 7 nitrogen and oxygen atoms in total. The van der Waals surface area contributed by atoms with Crippen molar-refractivity contribution in [2.45, 2.75) is 59.9 Å². The van der Waals surface area contributed by atoms with Gasteiger partial charge in [-0.25, -0.2) is 4.79 Å². The van der Waals surface area contributed by atoms with E-state index in [0.717, 1.165) is 19.1 Å². The first-order chi connectivity index (χ1) is 14.7. The summed E-state index contributed by atoms with van der Waals surface area (Å²) in [6.07, 6.45) is 14.5. The first-order valence-corrected chi connectivity index (χ1v) is 12.1. The zero-order valence-corrected chi connectivity index (χ0v) is 20.6. The standard InChI is InChI=1S/C24H35NO6S.Na.H/c1-17(12-13-20-19(3)11-8-14-24(20,4)5)9-7-10-18(2)15-22(26)25-21(23(27)31-6)16-32(28,29)30;;/h7,9-10,12-13,15,21H,8,11,14,16H2,1-6H3,(H,25,26)(H,28,29,30);;/b10-7?,13-12?,17-9-,18-15?;;/t21-;;/m0../s1. The van der Waals surface area contributed by atoms with Crippen molar-refractivity contribution < 1.29 is 27.3 Å². The van der Waals surface area contributed by atoms with Gasteiger partial charge >= 0.3 is 35.5 Å². The van der Waals surface area contributed by atoms with E-state index in [0.29, 0.717) is 5.57 Å². The molecule has 0 bridgehead atoms. The number of hydrogen-bond acceptors (Lipinski definition) is 5. The Labute approximate surface area is 220 Å². The van der Waals surface area contributed by atoms with Gasteiger partial charge in [0, 0.05) is 6.08 Å². The minimum absolute atomic E-state index is 0. The number of methoxy groups -OCH3 is 1. The van der Waals surface area contributed by atoms with Crippen LogP contribution in [0.3, 0.4) is 0 Å². The zero-order valence-electron chi connectivity index (χ0n) is 19.8. The molecule has 0 aromatic carbocycles. The Morgan fingerprint density at radius 2 is 1.85 bits per heavy atom. The second kappa shape index (κ2) is 14.1. The molecule has 180 valence electrons. The van der Waals surface area contributed by atoms with Gasteiger partial charge in [-0.3, -0.25) is 9.35 Å². The molecule has 0 aliphatic heterocycles. The van der Waals surface area contributed by atoms with E-state index in [-0.39, 0.29) is 35.0 Å². The van der Waals surface area contributed by atoms with Gasteiger partial charge < -0.3 is 10.1 Å². The minimum atomic E-state index is -4.47. The molecule has 1 atom stereocenters. The van der Waals surface area contributed by atoms with Gasteiger partial charge in [-0.1, -0.05) is 55.4 Å². The summed E-state index contributed by atoms with van der Waals surface area (Å²) in [5, 5.41) is 2.23. The fourth-order valence-corrected chi connectivity index (χ4v) is 4.26. The quantitative estimate of drug-likeness (QED) is 0.169. The molecule has 1 rings (SSSR count). The summed E-state index contributed by atoms with van der Waals surface area (Å²) in [6, 6.07) is -1.50. The van der Waals surface area contributed by atoms with Crippen LogP contribution in [0.1, 0.15) is 53.9 Å². The molecule has 0 heterocycles. The number of nitrogens with one attached hydrogen (secondary N) is 1. The number of amides is 1. The molecule has 0 fully saturated rings. The van der Waals surface area contributed by atoms with Crippen LogP contribution in [0.2, 0.25) is 0 Å². The Kier molecular flexibility index (Phi) is 13.4. The Morgan fingerprint density at radius 1 is 1.21 bits per heavy atom. The Bertz CT molecular complexity index is 971. The van der Waals surface area contributed by atoms with Crippen LogP contribution in [-0.2, 0) is 24.4 Å². The van der Waals surface area contributed by atoms with Crippen LogP contribution in [0.15, 0.2) is 58.7 Å². The molecule has 1 amide bonds. The van der Waals surface area contributed by atoms with E-state index in [4.69, 9.17) is 4.55 Å². The second-order valence-electron chi connectivity index (χ2n) is 8.76. The average Bonchev–Trinajstić information content (AvgIpc) is 2.64. The molecule has 0 saturated carbocycles. The molecular weight excluding hydrogens is 453 g/mol. The summed E-state index contributed by atoms with van der Waals surface area (Å²) in [4.78, 5) is 23.7. The number of carbonyl (C=O) groups is 2. The molecule has 2 N–H and O–H groups in total. The normalized spacial score (nSPS) is 18.3. The fraction of sp³-hybridized carbons (Fsp3) is 0.500. The number of carbonyl (C=O) groups excluding carboxylic acids is 2. The van der Waals surface area contributed by atoms with Crippen molar-refractivity contribution in [3.63, 3.8) is 0 Å². The molecule has 0 spiro atoms. The van der Waals surface area contributed by atoms with Crippen LogP contribution in [0.5, 0.6) is 0 Å². The molecule has 33 heavy (non-hydrogen) atoms. The fourth-order valence-electron chi connectivity index (χ4n) is 3.62. The number of allylic oxidation sites excluding steroid dienone is 9. The van der Waals surface area contributed by atoms with E-state index in [1.807, 2.05) is 19.1 Å². The van der Waals surface area contributed by atoms with Crippen LogP contribution in [-0.4, -0.2) is 73.3 Å². The Hall–Kier alpha value is -1.45. The van der Waals surface area contributed by atoms with Crippen molar-refractivity contribution in [3.8, 4) is 0 Å². The van der Waals surface area contributed by atoms with Gasteiger partial charge in [0.15, 0.2) is 0 Å². The Morgan fingerprint density at radius 3 is 2.39 bits per heavy atom. The first-order valence-electron chi connectivity index (χ1n) is 10.5. The molecule has 1 aliphatic rings. The van der Waals surface area contributed by atoms with Gasteiger partial charge in [0.05, 0.1) is 7.11 Å². The maximum absolute atomic E-state index is 12.1. The second-order valence-corrected chi connectivity index (χ2v) is 10.3. The van der Waals surface area contributed by atoms with Crippen molar-refractivity contribution in [1.29, 1.82) is 0 Å². The summed E-state index contributed by atoms with van der Waals surface area (Å²) in [5.41, 5.74) is 4.65. The van der Waals surface area contributed by atoms with E-state index in [1.54, 1.807) is 13.0 Å². The van der Waals surface area contributed by atoms with Gasteiger partial charge in [-0.15, -0.1) is 0 Å². The number of rotatable bonds is 9. The first kappa shape index (κ1) is 31.6. The van der Waals surface area contributed by atoms with Crippen molar-refractivity contribution >= 4 is 51.6 Å². The molecule has 9 heteroatoms. The third-order valence-electron chi connectivity index (χ3n) is 5.31. The predicted octanol–water partition coefficient (Wildman–Crippen LogP) is 3.42. The SMILES string of the molecule is COC(=O)[C@H](CS(=O)(=O)O)NC(=O)C=C(C)C=C/C=C(/C)C=CC1=C(C)CCCC1(C)C.[NaH]. The van der Waals surface area contributed by atoms with Crippen LogP contribution in [0.4, 0.5) is 0 Å². The summed E-state index contributed by atoms with van der Waals surface area (Å²) in [5.74, 6) is -2.60. The molecule has 0 radical (unpaired) electrons. The van der Waals surface area contributed by atoms with E-state index in [9.17, 15) is 18.0 Å². The van der Waals surface area contributed by atoms with Gasteiger partial charge in [-0.2, -0.15) is 8.42 Å². The monoisotopic (exact) mass is 489 g/mol. The van der Waals surface area contributed by atoms with Crippen molar-refractivity contribution in [1.82, 2.24) is 5.32 Å². The molecule has 0 unspecified atom stereocenters.